The van der Waals surface area contributed by atoms with Crippen molar-refractivity contribution in [1.82, 2.24) is 29.7 Å². The van der Waals surface area contributed by atoms with Gasteiger partial charge in [-0.3, -0.25) is 4.68 Å². The van der Waals surface area contributed by atoms with Crippen LogP contribution in [0.4, 0.5) is 8.78 Å². The van der Waals surface area contributed by atoms with Crippen molar-refractivity contribution < 1.29 is 13.5 Å². The average Bonchev–Trinajstić information content (AvgIpc) is 3.55. The Morgan fingerprint density at radius 2 is 1.86 bits per heavy atom. The lowest BCUT2D eigenvalue weighted by molar-refractivity contribution is -0.0311. The fraction of sp³-hybridized carbons (Fsp3) is 0.400. The number of benzene rings is 1. The Bertz CT molecular complexity index is 1460. The zero-order chi connectivity index (χ0) is 24.3. The fourth-order valence-corrected chi connectivity index (χ4v) is 4.61. The smallest absolute Gasteiger partial charge is 0.182 e. The van der Waals surface area contributed by atoms with Gasteiger partial charge in [-0.1, -0.05) is 0 Å². The summed E-state index contributed by atoms with van der Waals surface area (Å²) < 4.78 is 36.4. The van der Waals surface area contributed by atoms with E-state index in [4.69, 9.17) is 22.6 Å². The van der Waals surface area contributed by atoms with Crippen LogP contribution in [0.15, 0.2) is 30.6 Å². The van der Waals surface area contributed by atoms with Crippen molar-refractivity contribution in [1.29, 1.82) is 0 Å². The zero-order valence-corrected chi connectivity index (χ0v) is 19.5. The van der Waals surface area contributed by atoms with Gasteiger partial charge < -0.3 is 4.74 Å². The molecule has 1 saturated carbocycles. The normalized spacial score (nSPS) is 22.6. The van der Waals surface area contributed by atoms with Crippen molar-refractivity contribution >= 4 is 19.0 Å². The Kier molecular flexibility index (Phi) is 5.17. The molecule has 0 spiro atoms. The summed E-state index contributed by atoms with van der Waals surface area (Å²) in [5.74, 6) is -1.05. The number of hydrogen-bond acceptors (Lipinski definition) is 6. The lowest BCUT2D eigenvalue weighted by Gasteiger charge is -2.38. The largest absolute Gasteiger partial charge is 0.380 e. The molecule has 0 N–H and O–H groups in total. The summed E-state index contributed by atoms with van der Waals surface area (Å²) >= 11 is 0. The highest BCUT2D eigenvalue weighted by Gasteiger charge is 2.38. The number of fused-ring (bicyclic) bond motifs is 1. The van der Waals surface area contributed by atoms with E-state index in [2.05, 4.69) is 15.1 Å². The molecule has 2 unspecified atom stereocenters. The fourth-order valence-electron chi connectivity index (χ4n) is 4.61. The predicted molar refractivity (Wildman–Crippen MR) is 126 cm³/mol. The maximum Gasteiger partial charge on any atom is 0.182 e. The van der Waals surface area contributed by atoms with Gasteiger partial charge in [0.25, 0.3) is 0 Å². The van der Waals surface area contributed by atoms with Gasteiger partial charge in [-0.25, -0.2) is 28.7 Å². The molecular formula is C25H23BF2N6O. The van der Waals surface area contributed by atoms with Gasteiger partial charge in [-0.15, -0.1) is 0 Å². The molecule has 2 radical (unpaired) electrons. The van der Waals surface area contributed by atoms with Gasteiger partial charge in [-0.05, 0) is 51.7 Å². The lowest BCUT2D eigenvalue weighted by Crippen LogP contribution is -2.37. The molecule has 4 heterocycles. The van der Waals surface area contributed by atoms with Gasteiger partial charge >= 0.3 is 0 Å². The highest BCUT2D eigenvalue weighted by atomic mass is 19.1. The van der Waals surface area contributed by atoms with E-state index in [-0.39, 0.29) is 17.2 Å². The van der Waals surface area contributed by atoms with Crippen LogP contribution in [0.3, 0.4) is 0 Å². The minimum Gasteiger partial charge on any atom is -0.380 e. The maximum absolute atomic E-state index is 14.8. The summed E-state index contributed by atoms with van der Waals surface area (Å²) in [5.41, 5.74) is 2.36. The highest BCUT2D eigenvalue weighted by Crippen LogP contribution is 2.42. The Hall–Kier alpha value is -3.27. The van der Waals surface area contributed by atoms with Crippen LogP contribution in [0.2, 0.25) is 0 Å². The van der Waals surface area contributed by atoms with Gasteiger partial charge in [0.05, 0.1) is 29.1 Å². The first kappa shape index (κ1) is 22.2. The van der Waals surface area contributed by atoms with Gasteiger partial charge in [0.1, 0.15) is 36.5 Å². The van der Waals surface area contributed by atoms with Crippen LogP contribution in [0.5, 0.6) is 0 Å². The van der Waals surface area contributed by atoms with Gasteiger partial charge in [0.2, 0.25) is 0 Å². The number of ether oxygens (including phenoxy) is 1. The Morgan fingerprint density at radius 3 is 2.63 bits per heavy atom. The number of aromatic nitrogens is 6. The van der Waals surface area contributed by atoms with Crippen molar-refractivity contribution in [3.05, 3.63) is 65.0 Å². The minimum absolute atomic E-state index is 0.148. The molecule has 10 heteroatoms. The van der Waals surface area contributed by atoms with Crippen molar-refractivity contribution in [2.75, 3.05) is 6.61 Å². The van der Waals surface area contributed by atoms with Crippen LogP contribution in [0.1, 0.15) is 60.4 Å². The molecule has 2 atom stereocenters. The SMILES string of the molecule is [B]C1(c2cnn(C3CC3)c2)CC(c2nc(-c3ccc(F)cc3F)c3nc(C)c(C)nc3n2)CCO1. The summed E-state index contributed by atoms with van der Waals surface area (Å²) in [4.78, 5) is 18.7. The molecule has 2 fully saturated rings. The molecule has 1 aliphatic carbocycles. The molecule has 6 rings (SSSR count). The van der Waals surface area contributed by atoms with Gasteiger partial charge in [0.15, 0.2) is 5.65 Å². The molecule has 1 aromatic carbocycles. The van der Waals surface area contributed by atoms with Crippen molar-refractivity contribution in [3.8, 4) is 11.3 Å². The number of aryl methyl sites for hydroxylation is 2. The predicted octanol–water partition coefficient (Wildman–Crippen LogP) is 4.43. The first-order chi connectivity index (χ1) is 16.8. The summed E-state index contributed by atoms with van der Waals surface area (Å²) in [6.07, 6.45) is 7.03. The first-order valence-electron chi connectivity index (χ1n) is 11.8. The first-order valence-corrected chi connectivity index (χ1v) is 11.8. The maximum atomic E-state index is 14.8. The second-order valence-electron chi connectivity index (χ2n) is 9.49. The third-order valence-electron chi connectivity index (χ3n) is 6.90. The van der Waals surface area contributed by atoms with Crippen molar-refractivity contribution in [2.45, 2.75) is 57.0 Å². The van der Waals surface area contributed by atoms with E-state index >= 15 is 0 Å². The topological polar surface area (TPSA) is 78.6 Å². The molecule has 3 aromatic heterocycles. The van der Waals surface area contributed by atoms with Crippen molar-refractivity contribution in [3.63, 3.8) is 0 Å². The molecule has 7 nitrogen and oxygen atoms in total. The molecule has 1 saturated heterocycles. The van der Waals surface area contributed by atoms with Crippen LogP contribution in [0, 0.1) is 25.5 Å². The molecule has 1 aliphatic heterocycles. The van der Waals surface area contributed by atoms with Crippen molar-refractivity contribution in [2.24, 2.45) is 0 Å². The van der Waals surface area contributed by atoms with Gasteiger partial charge in [-0.2, -0.15) is 5.10 Å². The van der Waals surface area contributed by atoms with Crippen LogP contribution < -0.4 is 0 Å². The van der Waals surface area contributed by atoms with E-state index in [1.165, 1.54) is 12.1 Å². The molecule has 2 aliphatic rings. The minimum atomic E-state index is -1.04. The van der Waals surface area contributed by atoms with E-state index in [1.807, 2.05) is 24.7 Å². The van der Waals surface area contributed by atoms with E-state index in [0.29, 0.717) is 48.2 Å². The number of hydrogen-bond donors (Lipinski definition) is 0. The summed E-state index contributed by atoms with van der Waals surface area (Å²) in [7, 11) is 6.73. The molecule has 4 aromatic rings. The van der Waals surface area contributed by atoms with E-state index < -0.39 is 17.1 Å². The summed E-state index contributed by atoms with van der Waals surface area (Å²) in [6, 6.07) is 3.86. The monoisotopic (exact) mass is 472 g/mol. The average molecular weight is 472 g/mol. The van der Waals surface area contributed by atoms with E-state index in [0.717, 1.165) is 30.2 Å². The number of nitrogens with zero attached hydrogens (tertiary/aromatic N) is 6. The van der Waals surface area contributed by atoms with Crippen LogP contribution in [0.25, 0.3) is 22.4 Å². The third kappa shape index (κ3) is 3.99. The summed E-state index contributed by atoms with van der Waals surface area (Å²) in [6.45, 7) is 4.08. The molecule has 0 amide bonds. The molecular weight excluding hydrogens is 449 g/mol. The Morgan fingerprint density at radius 1 is 1.06 bits per heavy atom. The number of rotatable bonds is 4. The van der Waals surface area contributed by atoms with Gasteiger partial charge in [0, 0.05) is 35.9 Å². The van der Waals surface area contributed by atoms with E-state index in [1.54, 1.807) is 6.20 Å². The van der Waals surface area contributed by atoms with E-state index in [9.17, 15) is 8.78 Å². The third-order valence-corrected chi connectivity index (χ3v) is 6.90. The quantitative estimate of drug-likeness (QED) is 0.409. The van der Waals surface area contributed by atoms with Crippen LogP contribution >= 0.6 is 0 Å². The second kappa shape index (κ2) is 8.15. The number of halogens is 2. The Balaban J connectivity index is 1.44. The molecule has 35 heavy (non-hydrogen) atoms. The van der Waals surface area contributed by atoms with Crippen LogP contribution in [-0.4, -0.2) is 44.2 Å². The summed E-state index contributed by atoms with van der Waals surface area (Å²) in [5, 5.41) is 4.46. The zero-order valence-electron chi connectivity index (χ0n) is 19.5. The van der Waals surface area contributed by atoms with Crippen LogP contribution in [-0.2, 0) is 10.2 Å². The Labute approximate surface area is 202 Å². The lowest BCUT2D eigenvalue weighted by atomic mass is 9.68. The molecule has 0 bridgehead atoms. The highest BCUT2D eigenvalue weighted by molar-refractivity contribution is 6.14. The standard InChI is InChI=1S/C25H23BF2N6O/c1-13-14(2)31-24-22(30-13)21(19-6-3-17(27)9-20(19)28)32-23(33-24)15-7-8-35-25(26,10-15)16-11-29-34(12-16)18-4-5-18/h3,6,9,11-12,15,18H,4-5,7-8,10H2,1-2H3. The second-order valence-corrected chi connectivity index (χ2v) is 9.49. The molecule has 176 valence electrons.